The molecule has 0 spiro atoms. The maximum Gasteiger partial charge on any atom is 0.269 e. The van der Waals surface area contributed by atoms with E-state index >= 15 is 0 Å². The molecule has 6 rings (SSSR count). The van der Waals surface area contributed by atoms with Crippen LogP contribution >= 0.6 is 12.2 Å². The van der Waals surface area contributed by atoms with Gasteiger partial charge in [0.15, 0.2) is 28.3 Å². The van der Waals surface area contributed by atoms with Gasteiger partial charge < -0.3 is 46.6 Å². The molecule has 0 bridgehead atoms. The van der Waals surface area contributed by atoms with Gasteiger partial charge in [-0.2, -0.15) is 0 Å². The van der Waals surface area contributed by atoms with Gasteiger partial charge in [-0.25, -0.2) is 15.0 Å². The Bertz CT molecular complexity index is 2120. The molecule has 1 fully saturated rings. The van der Waals surface area contributed by atoms with E-state index < -0.39 is 36.1 Å². The number of imidazole rings is 1. The lowest BCUT2D eigenvalue weighted by Crippen LogP contribution is -2.37. The van der Waals surface area contributed by atoms with Gasteiger partial charge in [-0.1, -0.05) is 24.3 Å². The van der Waals surface area contributed by atoms with E-state index in [1.54, 1.807) is 60.7 Å². The molecule has 280 valence electrons. The first-order valence-corrected chi connectivity index (χ1v) is 17.1. The molecule has 4 unspecified atom stereocenters. The Labute approximate surface area is 312 Å². The number of aliphatic hydroxyl groups excluding tert-OH is 3. The number of non-ortho nitro benzene ring substituents is 1. The SMILES string of the molecule is O=C(Cc1ccc(NC(=O)Cc2ccc(Nc3ncnc4c3ncn4C3OC(CO)C(O)C3O)cc2)cc1)NCCNC(=S)Nc1ccc([N+](=O)[O-])cc1. The van der Waals surface area contributed by atoms with Crippen molar-refractivity contribution in [1.82, 2.24) is 30.2 Å². The average Bonchev–Trinajstić information content (AvgIpc) is 3.72. The number of amides is 2. The number of nitro groups is 1. The lowest BCUT2D eigenvalue weighted by atomic mass is 10.1. The van der Waals surface area contributed by atoms with E-state index in [1.165, 1.54) is 29.4 Å². The van der Waals surface area contributed by atoms with E-state index in [4.69, 9.17) is 17.0 Å². The lowest BCUT2D eigenvalue weighted by Gasteiger charge is -2.16. The molecule has 2 aromatic heterocycles. The van der Waals surface area contributed by atoms with E-state index in [9.17, 15) is 35.0 Å². The van der Waals surface area contributed by atoms with Gasteiger partial charge in [-0.3, -0.25) is 24.3 Å². The van der Waals surface area contributed by atoms with Crippen molar-refractivity contribution in [2.24, 2.45) is 0 Å². The third kappa shape index (κ3) is 9.26. The maximum atomic E-state index is 12.8. The molecule has 0 saturated carbocycles. The van der Waals surface area contributed by atoms with Crippen LogP contribution in [0.2, 0.25) is 0 Å². The molecule has 19 heteroatoms. The maximum absolute atomic E-state index is 12.8. The van der Waals surface area contributed by atoms with Crippen LogP contribution in [0, 0.1) is 10.1 Å². The Balaban J connectivity index is 0.923. The molecule has 5 aromatic rings. The quantitative estimate of drug-likeness (QED) is 0.0349. The summed E-state index contributed by atoms with van der Waals surface area (Å²) in [5, 5.41) is 55.8. The third-order valence-corrected chi connectivity index (χ3v) is 8.65. The zero-order valence-corrected chi connectivity index (χ0v) is 29.3. The van der Waals surface area contributed by atoms with Crippen molar-refractivity contribution in [3.05, 3.63) is 107 Å². The van der Waals surface area contributed by atoms with Crippen LogP contribution < -0.4 is 26.6 Å². The molecule has 54 heavy (non-hydrogen) atoms. The summed E-state index contributed by atoms with van der Waals surface area (Å²) in [4.78, 5) is 48.4. The highest BCUT2D eigenvalue weighted by Crippen LogP contribution is 2.32. The number of thiocarbonyl (C=S) groups is 1. The number of hydrogen-bond acceptors (Lipinski definition) is 13. The molecule has 1 saturated heterocycles. The average molecular weight is 757 g/mol. The van der Waals surface area contributed by atoms with Crippen molar-refractivity contribution in [2.75, 3.05) is 35.6 Å². The summed E-state index contributed by atoms with van der Waals surface area (Å²) in [5.41, 5.74) is 4.13. The molecule has 0 aliphatic carbocycles. The standard InChI is InChI=1S/C35H36N10O8S/c46-17-26-30(49)31(50)34(53-26)44-19-40-29-32(38-18-39-33(29)44)42-23-7-3-21(4-8-23)16-28(48)41-22-5-1-20(2-6-22)15-27(47)36-13-14-37-35(54)43-24-9-11-25(12-10-24)45(51)52/h1-12,18-19,26,30-31,34,46,49-50H,13-17H2,(H,36,47)(H,41,48)(H2,37,43,54)(H,38,39,42). The number of benzene rings is 3. The van der Waals surface area contributed by atoms with E-state index in [1.807, 2.05) is 0 Å². The predicted octanol–water partition coefficient (Wildman–Crippen LogP) is 1.92. The predicted molar refractivity (Wildman–Crippen MR) is 201 cm³/mol. The molecule has 8 N–H and O–H groups in total. The second kappa shape index (κ2) is 17.1. The van der Waals surface area contributed by atoms with Crippen molar-refractivity contribution < 1.29 is 34.6 Å². The number of anilines is 4. The fraction of sp³-hybridized carbons (Fsp3) is 0.257. The summed E-state index contributed by atoms with van der Waals surface area (Å²) in [5.74, 6) is -0.0109. The minimum atomic E-state index is -1.29. The number of ether oxygens (including phenoxy) is 1. The van der Waals surface area contributed by atoms with Gasteiger partial charge >= 0.3 is 0 Å². The molecule has 3 heterocycles. The number of carbonyl (C=O) groups is 2. The van der Waals surface area contributed by atoms with Crippen LogP contribution in [0.25, 0.3) is 11.2 Å². The summed E-state index contributed by atoms with van der Waals surface area (Å²) in [6.45, 7) is 0.240. The van der Waals surface area contributed by atoms with Crippen molar-refractivity contribution in [3.8, 4) is 0 Å². The molecule has 3 aromatic carbocycles. The van der Waals surface area contributed by atoms with E-state index in [0.717, 1.165) is 11.1 Å². The third-order valence-electron chi connectivity index (χ3n) is 8.40. The van der Waals surface area contributed by atoms with Gasteiger partial charge in [0.05, 0.1) is 30.7 Å². The molecule has 0 radical (unpaired) electrons. The van der Waals surface area contributed by atoms with Crippen molar-refractivity contribution in [3.63, 3.8) is 0 Å². The fourth-order valence-corrected chi connectivity index (χ4v) is 5.87. The van der Waals surface area contributed by atoms with E-state index in [2.05, 4.69) is 41.5 Å². The van der Waals surface area contributed by atoms with Gasteiger partial charge in [0.2, 0.25) is 11.8 Å². The lowest BCUT2D eigenvalue weighted by molar-refractivity contribution is -0.384. The number of nitro benzene ring substituents is 1. The van der Waals surface area contributed by atoms with Gasteiger partial charge in [0, 0.05) is 42.3 Å². The Kier molecular flexibility index (Phi) is 11.9. The van der Waals surface area contributed by atoms with Crippen molar-refractivity contribution in [2.45, 2.75) is 37.4 Å². The number of carbonyl (C=O) groups excluding carboxylic acids is 2. The van der Waals surface area contributed by atoms with Crippen molar-refractivity contribution in [1.29, 1.82) is 0 Å². The molecule has 1 aliphatic rings. The molecule has 1 aliphatic heterocycles. The Morgan fingerprint density at radius 2 is 1.43 bits per heavy atom. The van der Waals surface area contributed by atoms with Crippen LogP contribution in [0.4, 0.5) is 28.6 Å². The molecule has 18 nitrogen and oxygen atoms in total. The second-order valence-corrected chi connectivity index (χ2v) is 12.6. The Morgan fingerprint density at radius 1 is 0.815 bits per heavy atom. The Morgan fingerprint density at radius 3 is 2.07 bits per heavy atom. The summed E-state index contributed by atoms with van der Waals surface area (Å²) < 4.78 is 7.09. The molecule has 4 atom stereocenters. The van der Waals surface area contributed by atoms with Gasteiger partial charge in [0.25, 0.3) is 5.69 Å². The number of nitrogens with zero attached hydrogens (tertiary/aromatic N) is 5. The van der Waals surface area contributed by atoms with Gasteiger partial charge in [-0.05, 0) is 59.7 Å². The smallest absolute Gasteiger partial charge is 0.269 e. The van der Waals surface area contributed by atoms with Crippen LogP contribution in [0.5, 0.6) is 0 Å². The fourth-order valence-electron chi connectivity index (χ4n) is 5.65. The van der Waals surface area contributed by atoms with Crippen LogP contribution in [0.1, 0.15) is 17.4 Å². The number of fused-ring (bicyclic) bond motifs is 1. The van der Waals surface area contributed by atoms with Crippen LogP contribution in [0.15, 0.2) is 85.5 Å². The summed E-state index contributed by atoms with van der Waals surface area (Å²) in [6.07, 6.45) is -1.46. The monoisotopic (exact) mass is 756 g/mol. The van der Waals surface area contributed by atoms with Crippen LogP contribution in [-0.4, -0.2) is 94.7 Å². The summed E-state index contributed by atoms with van der Waals surface area (Å²) >= 11 is 5.22. The highest BCUT2D eigenvalue weighted by molar-refractivity contribution is 7.80. The van der Waals surface area contributed by atoms with E-state index in [-0.39, 0.29) is 30.3 Å². The Hall–Kier alpha value is -6.12. The largest absolute Gasteiger partial charge is 0.394 e. The van der Waals surface area contributed by atoms with Gasteiger partial charge in [-0.15, -0.1) is 0 Å². The first-order chi connectivity index (χ1) is 26.1. The normalized spacial score (nSPS) is 17.8. The van der Waals surface area contributed by atoms with Crippen molar-refractivity contribution >= 4 is 68.9 Å². The number of rotatable bonds is 14. The highest BCUT2D eigenvalue weighted by Gasteiger charge is 2.44. The molecular weight excluding hydrogens is 721 g/mol. The zero-order chi connectivity index (χ0) is 38.2. The summed E-state index contributed by atoms with van der Waals surface area (Å²) in [6, 6.07) is 20.0. The van der Waals surface area contributed by atoms with Crippen LogP contribution in [0.3, 0.4) is 0 Å². The first kappa shape index (κ1) is 37.6. The number of aliphatic hydroxyl groups is 3. The van der Waals surface area contributed by atoms with E-state index in [0.29, 0.717) is 52.2 Å². The zero-order valence-electron chi connectivity index (χ0n) is 28.5. The minimum absolute atomic E-state index is 0.0211. The number of hydrogen-bond donors (Lipinski definition) is 8. The molecule has 2 amide bonds. The second-order valence-electron chi connectivity index (χ2n) is 12.2. The first-order valence-electron chi connectivity index (χ1n) is 16.7. The number of aromatic nitrogens is 4. The number of nitrogens with one attached hydrogen (secondary N) is 5. The van der Waals surface area contributed by atoms with Gasteiger partial charge in [0.1, 0.15) is 24.6 Å². The topological polar surface area (TPSA) is 251 Å². The minimum Gasteiger partial charge on any atom is -0.394 e. The highest BCUT2D eigenvalue weighted by atomic mass is 32.1. The van der Waals surface area contributed by atoms with Crippen LogP contribution in [-0.2, 0) is 27.2 Å². The summed E-state index contributed by atoms with van der Waals surface area (Å²) in [7, 11) is 0. The molecular formula is C35H36N10O8S.